The van der Waals surface area contributed by atoms with Gasteiger partial charge in [0.05, 0.1) is 16.6 Å². The van der Waals surface area contributed by atoms with E-state index in [0.29, 0.717) is 33.9 Å². The molecule has 32 heavy (non-hydrogen) atoms. The van der Waals surface area contributed by atoms with Gasteiger partial charge in [0.15, 0.2) is 11.5 Å². The number of aromatic nitrogens is 6. The fourth-order valence-corrected chi connectivity index (χ4v) is 4.12. The number of benzene rings is 1. The number of aromatic amines is 2. The van der Waals surface area contributed by atoms with Gasteiger partial charge in [0.2, 0.25) is 0 Å². The normalized spacial score (nSPS) is 14.2. The van der Waals surface area contributed by atoms with Crippen molar-refractivity contribution in [1.29, 1.82) is 0 Å². The van der Waals surface area contributed by atoms with Crippen molar-refractivity contribution in [2.75, 3.05) is 13.1 Å². The van der Waals surface area contributed by atoms with Gasteiger partial charge in [0, 0.05) is 30.6 Å². The summed E-state index contributed by atoms with van der Waals surface area (Å²) in [5.41, 5.74) is 5.87. The van der Waals surface area contributed by atoms with E-state index in [-0.39, 0.29) is 5.75 Å². The van der Waals surface area contributed by atoms with E-state index in [1.807, 2.05) is 6.20 Å². The average molecular weight is 427 g/mol. The van der Waals surface area contributed by atoms with E-state index in [1.54, 1.807) is 12.3 Å². The molecule has 1 aromatic carbocycles. The summed E-state index contributed by atoms with van der Waals surface area (Å²) < 4.78 is 13.9. The highest BCUT2D eigenvalue weighted by molar-refractivity contribution is 5.96. The number of nitrogens with zero attached hydrogens (tertiary/aromatic N) is 4. The average Bonchev–Trinajstić information content (AvgIpc) is 3.42. The second-order valence-corrected chi connectivity index (χ2v) is 7.72. The maximum Gasteiger partial charge on any atom is 0.181 e. The molecule has 4 N–H and O–H groups in total. The molecule has 5 heterocycles. The first-order valence-electron chi connectivity index (χ1n) is 10.2. The molecular formula is C23H18FN7O. The Morgan fingerprint density at radius 2 is 2.00 bits per heavy atom. The van der Waals surface area contributed by atoms with Crippen LogP contribution in [0.15, 0.2) is 48.8 Å². The fourth-order valence-electron chi connectivity index (χ4n) is 4.12. The number of phenols is 1. The van der Waals surface area contributed by atoms with Crippen LogP contribution in [0.25, 0.3) is 50.4 Å². The second kappa shape index (κ2) is 7.24. The minimum Gasteiger partial charge on any atom is -0.508 e. The van der Waals surface area contributed by atoms with E-state index in [0.717, 1.165) is 42.0 Å². The molecule has 1 aliphatic rings. The lowest BCUT2D eigenvalue weighted by atomic mass is 10.0. The third kappa shape index (κ3) is 3.10. The number of fused-ring (bicyclic) bond motifs is 2. The number of imidazole rings is 1. The van der Waals surface area contributed by atoms with Crippen LogP contribution < -0.4 is 5.32 Å². The van der Waals surface area contributed by atoms with Gasteiger partial charge in [0.25, 0.3) is 0 Å². The smallest absolute Gasteiger partial charge is 0.181 e. The summed E-state index contributed by atoms with van der Waals surface area (Å²) in [6.07, 6.45) is 6.59. The van der Waals surface area contributed by atoms with E-state index in [9.17, 15) is 9.50 Å². The maximum atomic E-state index is 13.9. The zero-order chi connectivity index (χ0) is 21.7. The molecule has 158 valence electrons. The third-order valence-corrected chi connectivity index (χ3v) is 5.64. The summed E-state index contributed by atoms with van der Waals surface area (Å²) >= 11 is 0. The lowest BCUT2D eigenvalue weighted by Crippen LogP contribution is -2.20. The van der Waals surface area contributed by atoms with Gasteiger partial charge < -0.3 is 15.4 Å². The molecule has 0 fully saturated rings. The molecule has 0 saturated carbocycles. The van der Waals surface area contributed by atoms with Crippen LogP contribution in [-0.4, -0.2) is 48.3 Å². The summed E-state index contributed by atoms with van der Waals surface area (Å²) in [5, 5.41) is 21.4. The van der Waals surface area contributed by atoms with Gasteiger partial charge >= 0.3 is 0 Å². The maximum absolute atomic E-state index is 13.9. The Kier molecular flexibility index (Phi) is 4.22. The van der Waals surface area contributed by atoms with E-state index in [1.165, 1.54) is 17.7 Å². The van der Waals surface area contributed by atoms with Crippen LogP contribution in [0, 0.1) is 5.82 Å². The molecule has 5 aromatic rings. The lowest BCUT2D eigenvalue weighted by Gasteiger charge is -2.13. The number of phenolic OH excluding ortho intramolecular Hbond substituents is 1. The highest BCUT2D eigenvalue weighted by Gasteiger charge is 2.18. The SMILES string of the molecule is Oc1cc(F)cc(-c2nccc3[nH]c(-c4[nH]nc5ncc(C6=CCNCC6)cc45)nc23)c1. The minimum atomic E-state index is -0.542. The van der Waals surface area contributed by atoms with Gasteiger partial charge in [-0.05, 0) is 48.4 Å². The van der Waals surface area contributed by atoms with Crippen molar-refractivity contribution in [3.8, 4) is 28.5 Å². The van der Waals surface area contributed by atoms with Gasteiger partial charge in [-0.1, -0.05) is 6.08 Å². The van der Waals surface area contributed by atoms with Crippen molar-refractivity contribution in [3.63, 3.8) is 0 Å². The highest BCUT2D eigenvalue weighted by atomic mass is 19.1. The van der Waals surface area contributed by atoms with Crippen LogP contribution in [0.1, 0.15) is 12.0 Å². The first-order chi connectivity index (χ1) is 15.7. The van der Waals surface area contributed by atoms with Crippen molar-refractivity contribution >= 4 is 27.6 Å². The van der Waals surface area contributed by atoms with Gasteiger partial charge in [-0.2, -0.15) is 5.10 Å². The van der Waals surface area contributed by atoms with E-state index < -0.39 is 5.82 Å². The van der Waals surface area contributed by atoms with Crippen LogP contribution in [0.2, 0.25) is 0 Å². The number of pyridine rings is 2. The van der Waals surface area contributed by atoms with Crippen LogP contribution >= 0.6 is 0 Å². The number of aromatic hydroxyl groups is 1. The molecule has 0 spiro atoms. The number of hydrogen-bond acceptors (Lipinski definition) is 6. The first-order valence-corrected chi connectivity index (χ1v) is 10.2. The number of nitrogens with one attached hydrogen (secondary N) is 3. The van der Waals surface area contributed by atoms with Gasteiger partial charge in [0.1, 0.15) is 22.8 Å². The lowest BCUT2D eigenvalue weighted by molar-refractivity contribution is 0.469. The van der Waals surface area contributed by atoms with E-state index >= 15 is 0 Å². The summed E-state index contributed by atoms with van der Waals surface area (Å²) in [5.74, 6) is -0.129. The number of hydrogen-bond donors (Lipinski definition) is 4. The van der Waals surface area contributed by atoms with Gasteiger partial charge in [-0.25, -0.2) is 14.4 Å². The third-order valence-electron chi connectivity index (χ3n) is 5.64. The van der Waals surface area contributed by atoms with Gasteiger partial charge in [-0.3, -0.25) is 10.1 Å². The molecule has 0 radical (unpaired) electrons. The highest BCUT2D eigenvalue weighted by Crippen LogP contribution is 2.32. The zero-order valence-electron chi connectivity index (χ0n) is 16.9. The number of H-pyrrole nitrogens is 2. The molecule has 0 amide bonds. The predicted octanol–water partition coefficient (Wildman–Crippen LogP) is 3.78. The zero-order valence-corrected chi connectivity index (χ0v) is 16.9. The number of halogens is 1. The van der Waals surface area contributed by atoms with Crippen LogP contribution in [0.4, 0.5) is 4.39 Å². The molecule has 0 aliphatic carbocycles. The second-order valence-electron chi connectivity index (χ2n) is 7.72. The molecular weight excluding hydrogens is 409 g/mol. The summed E-state index contributed by atoms with van der Waals surface area (Å²) in [4.78, 5) is 16.9. The molecule has 4 aromatic heterocycles. The molecule has 0 atom stereocenters. The number of rotatable bonds is 3. The monoisotopic (exact) mass is 427 g/mol. The Labute approximate surface area is 181 Å². The Morgan fingerprint density at radius 3 is 2.84 bits per heavy atom. The predicted molar refractivity (Wildman–Crippen MR) is 119 cm³/mol. The fraction of sp³-hybridized carbons (Fsp3) is 0.130. The molecule has 6 rings (SSSR count). The summed E-state index contributed by atoms with van der Waals surface area (Å²) in [6, 6.07) is 7.72. The first kappa shape index (κ1) is 18.6. The summed E-state index contributed by atoms with van der Waals surface area (Å²) in [6.45, 7) is 1.79. The Balaban J connectivity index is 1.49. The quantitative estimate of drug-likeness (QED) is 0.348. The van der Waals surface area contributed by atoms with Crippen molar-refractivity contribution < 1.29 is 9.50 Å². The Bertz CT molecular complexity index is 1500. The van der Waals surface area contributed by atoms with Crippen LogP contribution in [-0.2, 0) is 0 Å². The van der Waals surface area contributed by atoms with Crippen LogP contribution in [0.5, 0.6) is 5.75 Å². The van der Waals surface area contributed by atoms with E-state index in [4.69, 9.17) is 4.98 Å². The molecule has 1 aliphatic heterocycles. The molecule has 0 saturated heterocycles. The molecule has 9 heteroatoms. The van der Waals surface area contributed by atoms with Crippen molar-refractivity contribution in [1.82, 2.24) is 35.5 Å². The van der Waals surface area contributed by atoms with Crippen molar-refractivity contribution in [3.05, 3.63) is 60.2 Å². The van der Waals surface area contributed by atoms with Gasteiger partial charge in [-0.15, -0.1) is 0 Å². The minimum absolute atomic E-state index is 0.167. The standard InChI is InChI=1S/C23H18FN7O/c24-15-7-13(8-16(32)10-15)19-21-18(3-6-26-19)28-23(29-21)20-17-9-14(11-27-22(17)31-30-20)12-1-4-25-5-2-12/h1,3,6-11,25,32H,2,4-5H2,(H,28,29)(H,27,30,31). The van der Waals surface area contributed by atoms with E-state index in [2.05, 4.69) is 42.6 Å². The topological polar surface area (TPSA) is 115 Å². The Hall–Kier alpha value is -4.11. The summed E-state index contributed by atoms with van der Waals surface area (Å²) in [7, 11) is 0. The largest absolute Gasteiger partial charge is 0.508 e. The van der Waals surface area contributed by atoms with Crippen LogP contribution in [0.3, 0.4) is 0 Å². The molecule has 8 nitrogen and oxygen atoms in total. The molecule has 0 unspecified atom stereocenters. The Morgan fingerprint density at radius 1 is 1.06 bits per heavy atom. The van der Waals surface area contributed by atoms with Crippen molar-refractivity contribution in [2.45, 2.75) is 6.42 Å². The van der Waals surface area contributed by atoms with Crippen molar-refractivity contribution in [2.24, 2.45) is 0 Å². The molecule has 0 bridgehead atoms.